The average molecular weight is 314 g/mol. The molecule has 0 radical (unpaired) electrons. The number of carbonyl (C=O) groups is 1. The summed E-state index contributed by atoms with van der Waals surface area (Å²) < 4.78 is 10.4. The number of carbonyl (C=O) groups excluding carboxylic acids is 1. The maximum Gasteiger partial charge on any atom is 0.239 e. The minimum Gasteiger partial charge on any atom is -0.380 e. The zero-order valence-electron chi connectivity index (χ0n) is 10.2. The number of nitrogens with zero attached hydrogens (tertiary/aromatic N) is 3. The van der Waals surface area contributed by atoms with E-state index in [1.54, 1.807) is 0 Å². The highest BCUT2D eigenvalue weighted by Crippen LogP contribution is 2.28. The molecule has 1 unspecified atom stereocenters. The minimum absolute atomic E-state index is 0.0293. The van der Waals surface area contributed by atoms with Crippen molar-refractivity contribution in [2.24, 2.45) is 0 Å². The molecule has 0 aliphatic carbocycles. The van der Waals surface area contributed by atoms with E-state index < -0.39 is 5.92 Å². The Morgan fingerprint density at radius 1 is 1.35 bits per heavy atom. The van der Waals surface area contributed by atoms with Crippen LogP contribution in [0.5, 0.6) is 0 Å². The molecule has 2 aromatic rings. The summed E-state index contributed by atoms with van der Waals surface area (Å²) in [7, 11) is 0. The van der Waals surface area contributed by atoms with Gasteiger partial charge in [0.05, 0.1) is 23.3 Å². The van der Waals surface area contributed by atoms with Crippen LogP contribution in [0.4, 0.5) is 0 Å². The molecule has 1 saturated heterocycles. The predicted molar refractivity (Wildman–Crippen MR) is 70.7 cm³/mol. The van der Waals surface area contributed by atoms with Crippen LogP contribution in [0.15, 0.2) is 16.8 Å². The topological polar surface area (TPSA) is 78.1 Å². The van der Waals surface area contributed by atoms with E-state index in [0.717, 1.165) is 0 Å². The highest BCUT2D eigenvalue weighted by molar-refractivity contribution is 6.35. The Morgan fingerprint density at radius 3 is 2.95 bits per heavy atom. The molecule has 1 aliphatic rings. The standard InChI is InChI=1S/C12H9Cl2N3O3/c13-6-3-8(14)10(15-4-6)11-16-12(20-17-11)7-5-19-2-1-9(7)18/h3-4,7H,1-2,5H2. The summed E-state index contributed by atoms with van der Waals surface area (Å²) >= 11 is 11.8. The van der Waals surface area contributed by atoms with E-state index in [9.17, 15) is 4.79 Å². The van der Waals surface area contributed by atoms with Gasteiger partial charge in [0, 0.05) is 12.6 Å². The van der Waals surface area contributed by atoms with Gasteiger partial charge in [-0.2, -0.15) is 4.98 Å². The molecule has 1 atom stereocenters. The summed E-state index contributed by atoms with van der Waals surface area (Å²) in [6.07, 6.45) is 1.79. The smallest absolute Gasteiger partial charge is 0.239 e. The number of hydrogen-bond donors (Lipinski definition) is 0. The number of halogens is 2. The van der Waals surface area contributed by atoms with Gasteiger partial charge >= 0.3 is 0 Å². The molecule has 0 N–H and O–H groups in total. The van der Waals surface area contributed by atoms with Crippen molar-refractivity contribution >= 4 is 29.0 Å². The highest BCUT2D eigenvalue weighted by atomic mass is 35.5. The fourth-order valence-electron chi connectivity index (χ4n) is 1.90. The highest BCUT2D eigenvalue weighted by Gasteiger charge is 2.30. The normalized spacial score (nSPS) is 19.3. The second kappa shape index (κ2) is 5.47. The van der Waals surface area contributed by atoms with E-state index in [0.29, 0.717) is 28.8 Å². The lowest BCUT2D eigenvalue weighted by Crippen LogP contribution is -2.25. The van der Waals surface area contributed by atoms with E-state index in [2.05, 4.69) is 15.1 Å². The molecule has 8 heteroatoms. The van der Waals surface area contributed by atoms with Gasteiger partial charge in [0.25, 0.3) is 0 Å². The SMILES string of the molecule is O=C1CCOCC1c1nc(-c2ncc(Cl)cc2Cl)no1. The summed E-state index contributed by atoms with van der Waals surface area (Å²) in [5.74, 6) is -0.0461. The van der Waals surface area contributed by atoms with Crippen molar-refractivity contribution in [2.75, 3.05) is 13.2 Å². The van der Waals surface area contributed by atoms with Crippen molar-refractivity contribution in [3.63, 3.8) is 0 Å². The van der Waals surface area contributed by atoms with Gasteiger partial charge in [0.1, 0.15) is 17.4 Å². The van der Waals surface area contributed by atoms with Crippen LogP contribution in [-0.4, -0.2) is 34.1 Å². The molecule has 3 rings (SSSR count). The summed E-state index contributed by atoms with van der Waals surface area (Å²) in [5.41, 5.74) is 0.357. The van der Waals surface area contributed by atoms with Crippen LogP contribution in [0.1, 0.15) is 18.2 Å². The average Bonchev–Trinajstić information content (AvgIpc) is 2.88. The number of aromatic nitrogens is 3. The van der Waals surface area contributed by atoms with Crippen LogP contribution in [0, 0.1) is 0 Å². The molecule has 0 saturated carbocycles. The van der Waals surface area contributed by atoms with E-state index in [-0.39, 0.29) is 24.1 Å². The second-order valence-corrected chi connectivity index (χ2v) is 5.13. The molecular weight excluding hydrogens is 305 g/mol. The van der Waals surface area contributed by atoms with Crippen molar-refractivity contribution in [3.8, 4) is 11.5 Å². The second-order valence-electron chi connectivity index (χ2n) is 4.28. The molecule has 0 spiro atoms. The van der Waals surface area contributed by atoms with Gasteiger partial charge in [-0.3, -0.25) is 4.79 Å². The van der Waals surface area contributed by atoms with Crippen molar-refractivity contribution < 1.29 is 14.1 Å². The molecule has 0 amide bonds. The Labute approximate surface area is 124 Å². The van der Waals surface area contributed by atoms with Crippen molar-refractivity contribution in [1.82, 2.24) is 15.1 Å². The summed E-state index contributed by atoms with van der Waals surface area (Å²) in [4.78, 5) is 20.0. The zero-order chi connectivity index (χ0) is 14.1. The van der Waals surface area contributed by atoms with Gasteiger partial charge in [-0.05, 0) is 6.07 Å². The molecule has 0 bridgehead atoms. The third-order valence-electron chi connectivity index (χ3n) is 2.93. The first-order valence-corrected chi connectivity index (χ1v) is 6.66. The van der Waals surface area contributed by atoms with Crippen molar-refractivity contribution in [2.45, 2.75) is 12.3 Å². The molecule has 1 fully saturated rings. The molecule has 6 nitrogen and oxygen atoms in total. The lowest BCUT2D eigenvalue weighted by molar-refractivity contribution is -0.127. The predicted octanol–water partition coefficient (Wildman–Crippen LogP) is 2.51. The van der Waals surface area contributed by atoms with Gasteiger partial charge in [-0.15, -0.1) is 0 Å². The zero-order valence-corrected chi connectivity index (χ0v) is 11.7. The van der Waals surface area contributed by atoms with E-state index in [4.69, 9.17) is 32.5 Å². The first kappa shape index (κ1) is 13.5. The van der Waals surface area contributed by atoms with Gasteiger partial charge in [0.15, 0.2) is 0 Å². The lowest BCUT2D eigenvalue weighted by atomic mass is 10.0. The molecule has 2 aromatic heterocycles. The first-order chi connectivity index (χ1) is 9.65. The van der Waals surface area contributed by atoms with Gasteiger partial charge in [-0.25, -0.2) is 4.98 Å². The fourth-order valence-corrected chi connectivity index (χ4v) is 2.37. The van der Waals surface area contributed by atoms with E-state index in [1.807, 2.05) is 0 Å². The number of pyridine rings is 1. The first-order valence-electron chi connectivity index (χ1n) is 5.90. The molecule has 1 aliphatic heterocycles. The number of ketones is 1. The van der Waals surface area contributed by atoms with E-state index in [1.165, 1.54) is 12.3 Å². The van der Waals surface area contributed by atoms with Crippen LogP contribution in [0.3, 0.4) is 0 Å². The Balaban J connectivity index is 1.91. The lowest BCUT2D eigenvalue weighted by Gasteiger charge is -2.16. The largest absolute Gasteiger partial charge is 0.380 e. The fraction of sp³-hybridized carbons (Fsp3) is 0.333. The number of ether oxygens (including phenoxy) is 1. The minimum atomic E-state index is -0.518. The quantitative estimate of drug-likeness (QED) is 0.847. The summed E-state index contributed by atoms with van der Waals surface area (Å²) in [6, 6.07) is 1.54. The van der Waals surface area contributed by atoms with Crippen LogP contribution >= 0.6 is 23.2 Å². The molecule has 104 valence electrons. The molecular formula is C12H9Cl2N3O3. The molecule has 0 aromatic carbocycles. The van der Waals surface area contributed by atoms with Crippen LogP contribution in [0.2, 0.25) is 10.0 Å². The number of rotatable bonds is 2. The van der Waals surface area contributed by atoms with Crippen LogP contribution in [0.25, 0.3) is 11.5 Å². The monoisotopic (exact) mass is 313 g/mol. The van der Waals surface area contributed by atoms with Crippen molar-refractivity contribution in [1.29, 1.82) is 0 Å². The third-order valence-corrected chi connectivity index (χ3v) is 3.42. The number of Topliss-reactive ketones (excluding diaryl/α,β-unsaturated/α-hetero) is 1. The van der Waals surface area contributed by atoms with Gasteiger partial charge in [0.2, 0.25) is 11.7 Å². The summed E-state index contributed by atoms with van der Waals surface area (Å²) in [5, 5.41) is 4.53. The summed E-state index contributed by atoms with van der Waals surface area (Å²) in [6.45, 7) is 0.684. The Morgan fingerprint density at radius 2 is 2.20 bits per heavy atom. The van der Waals surface area contributed by atoms with Crippen molar-refractivity contribution in [3.05, 3.63) is 28.2 Å². The van der Waals surface area contributed by atoms with E-state index >= 15 is 0 Å². The van der Waals surface area contributed by atoms with Crippen LogP contribution in [-0.2, 0) is 9.53 Å². The van der Waals surface area contributed by atoms with Gasteiger partial charge in [-0.1, -0.05) is 28.4 Å². The van der Waals surface area contributed by atoms with Crippen LogP contribution < -0.4 is 0 Å². The molecule has 3 heterocycles. The van der Waals surface area contributed by atoms with Gasteiger partial charge < -0.3 is 9.26 Å². The maximum atomic E-state index is 11.8. The number of hydrogen-bond acceptors (Lipinski definition) is 6. The Bertz CT molecular complexity index is 659. The Hall–Kier alpha value is -1.50. The third kappa shape index (κ3) is 2.54. The Kier molecular flexibility index (Phi) is 3.69. The maximum absolute atomic E-state index is 11.8. The molecule has 20 heavy (non-hydrogen) atoms.